The third-order valence-electron chi connectivity index (χ3n) is 6.07. The standard InChI is InChI=1S/C22H30N6O2/c1-3-18-14-19(26-10-4-5-11-26)24-22(23-18)17-8-12-27(13-9-17)21(30)15-28-20(29)7-6-16(2)25-28/h6-7,14,17H,3-5,8-13,15H2,1-2H3. The minimum atomic E-state index is -0.247. The molecule has 0 N–H and O–H groups in total. The monoisotopic (exact) mass is 410 g/mol. The van der Waals surface area contributed by atoms with E-state index in [9.17, 15) is 9.59 Å². The first-order valence-corrected chi connectivity index (χ1v) is 11.0. The zero-order valence-corrected chi connectivity index (χ0v) is 17.9. The van der Waals surface area contributed by atoms with Gasteiger partial charge in [-0.25, -0.2) is 14.6 Å². The number of hydrogen-bond donors (Lipinski definition) is 0. The summed E-state index contributed by atoms with van der Waals surface area (Å²) in [6, 6.07) is 5.24. The Labute approximate surface area is 176 Å². The van der Waals surface area contributed by atoms with E-state index in [1.807, 2.05) is 11.8 Å². The Kier molecular flexibility index (Phi) is 6.11. The molecule has 2 aromatic rings. The highest BCUT2D eigenvalue weighted by Gasteiger charge is 2.27. The fraction of sp³-hybridized carbons (Fsp3) is 0.591. The van der Waals surface area contributed by atoms with Crippen LogP contribution in [0.1, 0.15) is 55.7 Å². The van der Waals surface area contributed by atoms with Crippen molar-refractivity contribution in [3.8, 4) is 0 Å². The van der Waals surface area contributed by atoms with Crippen molar-refractivity contribution in [1.29, 1.82) is 0 Å². The normalized spacial score (nSPS) is 17.5. The smallest absolute Gasteiger partial charge is 0.267 e. The molecular weight excluding hydrogens is 380 g/mol. The summed E-state index contributed by atoms with van der Waals surface area (Å²) >= 11 is 0. The third kappa shape index (κ3) is 4.52. The molecule has 0 atom stereocenters. The summed E-state index contributed by atoms with van der Waals surface area (Å²) in [5.74, 6) is 2.18. The molecule has 0 aliphatic carbocycles. The number of aryl methyl sites for hydroxylation is 2. The third-order valence-corrected chi connectivity index (χ3v) is 6.07. The van der Waals surface area contributed by atoms with E-state index >= 15 is 0 Å². The maximum absolute atomic E-state index is 12.7. The molecule has 8 nitrogen and oxygen atoms in total. The van der Waals surface area contributed by atoms with Crippen LogP contribution in [0.2, 0.25) is 0 Å². The Bertz CT molecular complexity index is 958. The first-order valence-electron chi connectivity index (χ1n) is 11.0. The van der Waals surface area contributed by atoms with Crippen LogP contribution in [0, 0.1) is 6.92 Å². The van der Waals surface area contributed by atoms with Crippen LogP contribution >= 0.6 is 0 Å². The van der Waals surface area contributed by atoms with E-state index in [1.54, 1.807) is 6.07 Å². The number of likely N-dealkylation sites (tertiary alicyclic amines) is 1. The fourth-order valence-corrected chi connectivity index (χ4v) is 4.25. The SMILES string of the molecule is CCc1cc(N2CCCC2)nc(C2CCN(C(=O)Cn3nc(C)ccc3=O)CC2)n1. The lowest BCUT2D eigenvalue weighted by Crippen LogP contribution is -2.42. The van der Waals surface area contributed by atoms with Crippen LogP contribution in [0.25, 0.3) is 0 Å². The second kappa shape index (κ2) is 8.93. The molecule has 4 rings (SSSR count). The number of nitrogens with zero attached hydrogens (tertiary/aromatic N) is 6. The Hall–Kier alpha value is -2.77. The Balaban J connectivity index is 1.41. The molecule has 0 aromatic carbocycles. The van der Waals surface area contributed by atoms with Crippen LogP contribution in [-0.2, 0) is 17.8 Å². The molecule has 0 bridgehead atoms. The van der Waals surface area contributed by atoms with Gasteiger partial charge < -0.3 is 9.80 Å². The van der Waals surface area contributed by atoms with E-state index in [0.29, 0.717) is 13.1 Å². The van der Waals surface area contributed by atoms with Gasteiger partial charge in [0.15, 0.2) is 0 Å². The van der Waals surface area contributed by atoms with Gasteiger partial charge in [-0.05, 0) is 45.1 Å². The number of hydrogen-bond acceptors (Lipinski definition) is 6. The van der Waals surface area contributed by atoms with E-state index in [4.69, 9.17) is 9.97 Å². The Morgan fingerprint density at radius 2 is 1.83 bits per heavy atom. The Morgan fingerprint density at radius 3 is 2.53 bits per heavy atom. The van der Waals surface area contributed by atoms with Gasteiger partial charge in [-0.1, -0.05) is 6.92 Å². The molecule has 0 radical (unpaired) electrons. The molecule has 2 aliphatic heterocycles. The quantitative estimate of drug-likeness (QED) is 0.749. The molecule has 4 heterocycles. The van der Waals surface area contributed by atoms with E-state index < -0.39 is 0 Å². The van der Waals surface area contributed by atoms with Crippen molar-refractivity contribution in [2.75, 3.05) is 31.1 Å². The van der Waals surface area contributed by atoms with Gasteiger partial charge in [0.25, 0.3) is 5.56 Å². The molecular formula is C22H30N6O2. The van der Waals surface area contributed by atoms with E-state index in [-0.39, 0.29) is 23.9 Å². The van der Waals surface area contributed by atoms with Crippen LogP contribution in [0.5, 0.6) is 0 Å². The largest absolute Gasteiger partial charge is 0.357 e. The van der Waals surface area contributed by atoms with Crippen molar-refractivity contribution in [2.24, 2.45) is 0 Å². The van der Waals surface area contributed by atoms with Crippen LogP contribution in [-0.4, -0.2) is 56.7 Å². The lowest BCUT2D eigenvalue weighted by atomic mass is 9.95. The van der Waals surface area contributed by atoms with Crippen LogP contribution in [0.3, 0.4) is 0 Å². The van der Waals surface area contributed by atoms with Gasteiger partial charge in [-0.2, -0.15) is 5.10 Å². The minimum Gasteiger partial charge on any atom is -0.357 e. The lowest BCUT2D eigenvalue weighted by molar-refractivity contribution is -0.133. The maximum Gasteiger partial charge on any atom is 0.267 e. The predicted octanol–water partition coefficient (Wildman–Crippen LogP) is 1.91. The summed E-state index contributed by atoms with van der Waals surface area (Å²) in [4.78, 5) is 38.5. The molecule has 1 amide bonds. The molecule has 0 unspecified atom stereocenters. The highest BCUT2D eigenvalue weighted by Crippen LogP contribution is 2.28. The number of amides is 1. The predicted molar refractivity (Wildman–Crippen MR) is 115 cm³/mol. The highest BCUT2D eigenvalue weighted by molar-refractivity contribution is 5.76. The summed E-state index contributed by atoms with van der Waals surface area (Å²) in [5.41, 5.74) is 1.57. The first kappa shape index (κ1) is 20.5. The van der Waals surface area contributed by atoms with Crippen molar-refractivity contribution in [2.45, 2.75) is 58.4 Å². The molecule has 2 fully saturated rings. The molecule has 2 saturated heterocycles. The van der Waals surface area contributed by atoms with Crippen LogP contribution < -0.4 is 10.5 Å². The summed E-state index contributed by atoms with van der Waals surface area (Å²) in [6.45, 7) is 7.38. The average molecular weight is 411 g/mol. The molecule has 2 aromatic heterocycles. The highest BCUT2D eigenvalue weighted by atomic mass is 16.2. The number of anilines is 1. The van der Waals surface area contributed by atoms with Crippen molar-refractivity contribution < 1.29 is 4.79 Å². The summed E-state index contributed by atoms with van der Waals surface area (Å²) < 4.78 is 1.25. The summed E-state index contributed by atoms with van der Waals surface area (Å²) in [7, 11) is 0. The minimum absolute atomic E-state index is 0.00783. The van der Waals surface area contributed by atoms with Crippen molar-refractivity contribution in [1.82, 2.24) is 24.6 Å². The van der Waals surface area contributed by atoms with Gasteiger partial charge in [-0.15, -0.1) is 0 Å². The van der Waals surface area contributed by atoms with Gasteiger partial charge in [0, 0.05) is 49.9 Å². The van der Waals surface area contributed by atoms with Crippen molar-refractivity contribution in [3.05, 3.63) is 45.8 Å². The molecule has 30 heavy (non-hydrogen) atoms. The molecule has 0 saturated carbocycles. The van der Waals surface area contributed by atoms with Gasteiger partial charge in [-0.3, -0.25) is 9.59 Å². The van der Waals surface area contributed by atoms with Gasteiger partial charge in [0.2, 0.25) is 5.91 Å². The molecule has 8 heteroatoms. The maximum atomic E-state index is 12.7. The van der Waals surface area contributed by atoms with Gasteiger partial charge in [0.1, 0.15) is 18.2 Å². The average Bonchev–Trinajstić information content (AvgIpc) is 3.31. The number of rotatable bonds is 5. The van der Waals surface area contributed by atoms with E-state index in [0.717, 1.165) is 55.4 Å². The molecule has 160 valence electrons. The lowest BCUT2D eigenvalue weighted by Gasteiger charge is -2.32. The first-order chi connectivity index (χ1) is 14.5. The van der Waals surface area contributed by atoms with E-state index in [1.165, 1.54) is 23.6 Å². The van der Waals surface area contributed by atoms with Crippen molar-refractivity contribution >= 4 is 11.7 Å². The second-order valence-electron chi connectivity index (χ2n) is 8.25. The molecule has 2 aliphatic rings. The number of aromatic nitrogens is 4. The van der Waals surface area contributed by atoms with Crippen molar-refractivity contribution in [3.63, 3.8) is 0 Å². The fourth-order valence-electron chi connectivity index (χ4n) is 4.25. The number of carbonyl (C=O) groups is 1. The van der Waals surface area contributed by atoms with Gasteiger partial charge in [0.05, 0.1) is 5.69 Å². The van der Waals surface area contributed by atoms with Crippen LogP contribution in [0.15, 0.2) is 23.0 Å². The van der Waals surface area contributed by atoms with E-state index in [2.05, 4.69) is 23.0 Å². The zero-order chi connectivity index (χ0) is 21.1. The topological polar surface area (TPSA) is 84.2 Å². The summed E-state index contributed by atoms with van der Waals surface area (Å²) in [5, 5.41) is 4.17. The van der Waals surface area contributed by atoms with Crippen LogP contribution in [0.4, 0.5) is 5.82 Å². The molecule has 0 spiro atoms. The number of piperidine rings is 1. The number of carbonyl (C=O) groups excluding carboxylic acids is 1. The van der Waals surface area contributed by atoms with Gasteiger partial charge >= 0.3 is 0 Å². The zero-order valence-electron chi connectivity index (χ0n) is 17.9. The Morgan fingerprint density at radius 1 is 1.10 bits per heavy atom. The second-order valence-corrected chi connectivity index (χ2v) is 8.25. The summed E-state index contributed by atoms with van der Waals surface area (Å²) in [6.07, 6.45) is 5.02.